The summed E-state index contributed by atoms with van der Waals surface area (Å²) in [6, 6.07) is 12.7. The van der Waals surface area contributed by atoms with Gasteiger partial charge in [-0.3, -0.25) is 19.3 Å². The first-order chi connectivity index (χ1) is 19.5. The maximum Gasteiger partial charge on any atom is 0.305 e. The van der Waals surface area contributed by atoms with Crippen LogP contribution in [0.25, 0.3) is 0 Å². The molecule has 9 nitrogen and oxygen atoms in total. The van der Waals surface area contributed by atoms with Gasteiger partial charge in [0.25, 0.3) is 11.8 Å². The summed E-state index contributed by atoms with van der Waals surface area (Å²) >= 11 is 0. The summed E-state index contributed by atoms with van der Waals surface area (Å²) in [6.07, 6.45) is 0.908. The standard InChI is InChI=1S/C30H37FN2O7Si/c1-19-28(41(3,4)31)25(14-16-34)40-30(19)21-17-20(33-23-9-5-6-10-24(23)39-18-26(33)35)12-13-22(21)32(29(30)37)15-8-7-11-27(36)38-2/h5-6,9-10,12-13,17,19,25,28,34H,7-8,11,14-16,18H2,1-4H3/t19-,25+,28-,30+/m0/s1. The fourth-order valence-corrected chi connectivity index (χ4v) is 9.36. The molecule has 1 N–H and O–H groups in total. The van der Waals surface area contributed by atoms with Crippen LogP contribution in [0.5, 0.6) is 5.75 Å². The van der Waals surface area contributed by atoms with E-state index in [4.69, 9.17) is 14.2 Å². The molecule has 1 saturated heterocycles. The van der Waals surface area contributed by atoms with Crippen molar-refractivity contribution in [2.45, 2.75) is 62.9 Å². The van der Waals surface area contributed by atoms with Crippen molar-refractivity contribution in [3.05, 3.63) is 48.0 Å². The van der Waals surface area contributed by atoms with Crippen LogP contribution in [0.1, 0.15) is 38.2 Å². The van der Waals surface area contributed by atoms with Gasteiger partial charge in [-0.1, -0.05) is 19.1 Å². The third-order valence-corrected chi connectivity index (χ3v) is 11.0. The molecule has 1 spiro atoms. The number of para-hydroxylation sites is 2. The average molecular weight is 585 g/mol. The van der Waals surface area contributed by atoms with Crippen LogP contribution in [0.4, 0.5) is 21.2 Å². The number of fused-ring (bicyclic) bond motifs is 3. The van der Waals surface area contributed by atoms with Crippen molar-refractivity contribution in [2.24, 2.45) is 5.92 Å². The topological polar surface area (TPSA) is 106 Å². The number of ether oxygens (including phenoxy) is 3. The van der Waals surface area contributed by atoms with Gasteiger partial charge in [-0.15, -0.1) is 0 Å². The molecule has 3 heterocycles. The lowest BCUT2D eigenvalue weighted by Gasteiger charge is -2.32. The molecule has 2 aromatic carbocycles. The molecule has 0 bridgehead atoms. The van der Waals surface area contributed by atoms with Crippen molar-refractivity contribution in [2.75, 3.05) is 36.7 Å². The molecule has 2 amide bonds. The predicted molar refractivity (Wildman–Crippen MR) is 154 cm³/mol. The van der Waals surface area contributed by atoms with Gasteiger partial charge in [-0.05, 0) is 62.7 Å². The van der Waals surface area contributed by atoms with Crippen LogP contribution in [0.3, 0.4) is 0 Å². The van der Waals surface area contributed by atoms with Gasteiger partial charge in [0.05, 0.1) is 24.6 Å². The summed E-state index contributed by atoms with van der Waals surface area (Å²) < 4.78 is 32.8. The number of aliphatic hydroxyl groups is 1. The van der Waals surface area contributed by atoms with Crippen molar-refractivity contribution < 1.29 is 37.8 Å². The van der Waals surface area contributed by atoms with Gasteiger partial charge >= 0.3 is 5.97 Å². The van der Waals surface area contributed by atoms with Crippen molar-refractivity contribution in [1.29, 1.82) is 0 Å². The number of anilines is 3. The molecule has 3 aliphatic heterocycles. The molecule has 0 aliphatic carbocycles. The van der Waals surface area contributed by atoms with E-state index < -0.39 is 31.6 Å². The lowest BCUT2D eigenvalue weighted by molar-refractivity contribution is -0.146. The van der Waals surface area contributed by atoms with E-state index in [-0.39, 0.29) is 43.8 Å². The number of halogens is 1. The first-order valence-corrected chi connectivity index (χ1v) is 17.1. The Hall–Kier alpha value is -3.28. The van der Waals surface area contributed by atoms with E-state index in [2.05, 4.69) is 0 Å². The molecule has 0 radical (unpaired) electrons. The highest BCUT2D eigenvalue weighted by Gasteiger charge is 2.66. The van der Waals surface area contributed by atoms with E-state index in [1.54, 1.807) is 41.1 Å². The maximum atomic E-state index is 15.8. The molecule has 0 saturated carbocycles. The Morgan fingerprint density at radius 2 is 1.93 bits per heavy atom. The summed E-state index contributed by atoms with van der Waals surface area (Å²) in [6.45, 7) is 5.12. The number of hydrogen-bond acceptors (Lipinski definition) is 7. The van der Waals surface area contributed by atoms with Crippen LogP contribution in [-0.4, -0.2) is 64.3 Å². The molecule has 2 aromatic rings. The molecular formula is C30H37FN2O7Si. The van der Waals surface area contributed by atoms with Gasteiger partial charge in [0.2, 0.25) is 8.41 Å². The van der Waals surface area contributed by atoms with Crippen molar-refractivity contribution in [1.82, 2.24) is 0 Å². The molecule has 41 heavy (non-hydrogen) atoms. The molecule has 4 atom stereocenters. The van der Waals surface area contributed by atoms with Crippen LogP contribution in [0, 0.1) is 5.92 Å². The highest BCUT2D eigenvalue weighted by atomic mass is 28.4. The molecular weight excluding hydrogens is 547 g/mol. The first kappa shape index (κ1) is 29.2. The maximum absolute atomic E-state index is 15.8. The Labute approximate surface area is 240 Å². The molecule has 220 valence electrons. The number of rotatable bonds is 9. The van der Waals surface area contributed by atoms with Crippen molar-refractivity contribution >= 4 is 43.3 Å². The van der Waals surface area contributed by atoms with Crippen LogP contribution in [0.15, 0.2) is 42.5 Å². The monoisotopic (exact) mass is 584 g/mol. The number of esters is 1. The van der Waals surface area contributed by atoms with Crippen molar-refractivity contribution in [3.8, 4) is 5.75 Å². The van der Waals surface area contributed by atoms with E-state index in [0.717, 1.165) is 0 Å². The normalized spacial score (nSPS) is 25.4. The Morgan fingerprint density at radius 1 is 1.17 bits per heavy atom. The zero-order valence-electron chi connectivity index (χ0n) is 23.9. The second-order valence-electron chi connectivity index (χ2n) is 11.5. The third-order valence-electron chi connectivity index (χ3n) is 8.56. The van der Waals surface area contributed by atoms with Crippen LogP contribution in [-0.2, 0) is 29.5 Å². The minimum absolute atomic E-state index is 0.125. The number of amides is 2. The zero-order chi connectivity index (χ0) is 29.5. The smallest absolute Gasteiger partial charge is 0.305 e. The molecule has 0 aromatic heterocycles. The van der Waals surface area contributed by atoms with Crippen LogP contribution < -0.4 is 14.5 Å². The summed E-state index contributed by atoms with van der Waals surface area (Å²) in [7, 11) is -2.00. The SMILES string of the molecule is COC(=O)CCCCN1C(=O)[C@]2(O[C@H](CCO)[C@@H]([Si](C)(C)F)[C@@H]2C)c2cc(N3C(=O)COc4ccccc43)ccc21. The Morgan fingerprint density at radius 3 is 2.63 bits per heavy atom. The summed E-state index contributed by atoms with van der Waals surface area (Å²) in [5.41, 5.74) is 0.374. The number of unbranched alkanes of at least 4 members (excludes halogenated alkanes) is 1. The Kier molecular flexibility index (Phi) is 7.97. The van der Waals surface area contributed by atoms with Gasteiger partial charge in [-0.2, -0.15) is 0 Å². The zero-order valence-corrected chi connectivity index (χ0v) is 24.9. The largest absolute Gasteiger partial charge is 0.482 e. The fourth-order valence-electron chi connectivity index (χ4n) is 6.82. The van der Waals surface area contributed by atoms with Gasteiger partial charge in [-0.25, -0.2) is 0 Å². The van der Waals surface area contributed by atoms with Crippen LogP contribution in [0.2, 0.25) is 18.6 Å². The lowest BCUT2D eigenvalue weighted by atomic mass is 9.82. The van der Waals surface area contributed by atoms with Crippen LogP contribution >= 0.6 is 0 Å². The number of carbonyl (C=O) groups excluding carboxylic acids is 3. The average Bonchev–Trinajstić information content (AvgIpc) is 3.37. The van der Waals surface area contributed by atoms with Gasteiger partial charge in [0.15, 0.2) is 12.2 Å². The quantitative estimate of drug-likeness (QED) is 0.199. The summed E-state index contributed by atoms with van der Waals surface area (Å²) in [5, 5.41) is 9.81. The number of nitrogens with zero attached hydrogens (tertiary/aromatic N) is 2. The predicted octanol–water partition coefficient (Wildman–Crippen LogP) is 4.59. The number of benzene rings is 2. The second kappa shape index (κ2) is 11.2. The molecule has 0 unspecified atom stereocenters. The molecule has 5 rings (SSSR count). The highest BCUT2D eigenvalue weighted by Crippen LogP contribution is 2.60. The fraction of sp³-hybridized carbons (Fsp3) is 0.500. The number of carbonyl (C=O) groups is 3. The van der Waals surface area contributed by atoms with E-state index >= 15 is 4.11 Å². The first-order valence-electron chi connectivity index (χ1n) is 14.1. The number of hydrogen-bond donors (Lipinski definition) is 1. The van der Waals surface area contributed by atoms with E-state index in [0.29, 0.717) is 47.8 Å². The molecule has 1 fully saturated rings. The number of aliphatic hydroxyl groups excluding tert-OH is 1. The molecule has 11 heteroatoms. The van der Waals surface area contributed by atoms with Crippen molar-refractivity contribution in [3.63, 3.8) is 0 Å². The van der Waals surface area contributed by atoms with E-state index in [1.807, 2.05) is 31.2 Å². The third kappa shape index (κ3) is 4.93. The van der Waals surface area contributed by atoms with E-state index in [9.17, 15) is 19.5 Å². The summed E-state index contributed by atoms with van der Waals surface area (Å²) in [4.78, 5) is 42.4. The van der Waals surface area contributed by atoms with Gasteiger partial charge in [0, 0.05) is 42.3 Å². The van der Waals surface area contributed by atoms with Gasteiger partial charge < -0.3 is 28.3 Å². The minimum atomic E-state index is -3.35. The second-order valence-corrected chi connectivity index (χ2v) is 15.3. The minimum Gasteiger partial charge on any atom is -0.482 e. The molecule has 3 aliphatic rings. The Bertz CT molecular complexity index is 1350. The lowest BCUT2D eigenvalue weighted by Crippen LogP contribution is -2.45. The highest BCUT2D eigenvalue weighted by molar-refractivity contribution is 6.72. The Balaban J connectivity index is 1.60. The summed E-state index contributed by atoms with van der Waals surface area (Å²) in [5.74, 6) is -0.792. The van der Waals surface area contributed by atoms with Gasteiger partial charge in [0.1, 0.15) is 5.75 Å². The number of methoxy groups -OCH3 is 1. The van der Waals surface area contributed by atoms with E-state index in [1.165, 1.54) is 7.11 Å².